The van der Waals surface area contributed by atoms with Gasteiger partial charge in [0.1, 0.15) is 11.2 Å². The molecule has 5 rings (SSSR count). The van der Waals surface area contributed by atoms with Crippen molar-refractivity contribution < 1.29 is 17.6 Å². The number of hydrogen-bond acceptors (Lipinski definition) is 3. The zero-order valence-corrected chi connectivity index (χ0v) is 18.5. The SMILES string of the molecule is Nc1c(-c2cccc(Br)c2)cc2c(=O)c3ccccc3oc2c1-c1ccc(C(F)(F)F)cc1. The highest BCUT2D eigenvalue weighted by atomic mass is 79.9. The minimum atomic E-state index is -4.47. The van der Waals surface area contributed by atoms with Crippen LogP contribution in [0.1, 0.15) is 5.56 Å². The molecule has 0 bridgehead atoms. The third-order valence-electron chi connectivity index (χ3n) is 5.54. The van der Waals surface area contributed by atoms with Crippen LogP contribution < -0.4 is 11.2 Å². The lowest BCUT2D eigenvalue weighted by Crippen LogP contribution is -2.06. The topological polar surface area (TPSA) is 56.2 Å². The fourth-order valence-electron chi connectivity index (χ4n) is 3.96. The third kappa shape index (κ3) is 3.68. The van der Waals surface area contributed by atoms with E-state index in [0.717, 1.165) is 22.2 Å². The second-order valence-corrected chi connectivity index (χ2v) is 8.52. The molecule has 4 aromatic carbocycles. The quantitative estimate of drug-likeness (QED) is 0.196. The molecule has 164 valence electrons. The molecule has 0 atom stereocenters. The molecule has 0 spiro atoms. The summed E-state index contributed by atoms with van der Waals surface area (Å²) in [5.41, 5.74) is 8.61. The van der Waals surface area contributed by atoms with Crippen molar-refractivity contribution >= 4 is 43.6 Å². The predicted molar refractivity (Wildman–Crippen MR) is 128 cm³/mol. The number of rotatable bonds is 2. The second-order valence-electron chi connectivity index (χ2n) is 7.60. The fraction of sp³-hybridized carbons (Fsp3) is 0.0385. The summed E-state index contributed by atoms with van der Waals surface area (Å²) in [6.07, 6.45) is -4.47. The van der Waals surface area contributed by atoms with Crippen LogP contribution in [0.5, 0.6) is 0 Å². The van der Waals surface area contributed by atoms with Gasteiger partial charge >= 0.3 is 6.18 Å². The average molecular weight is 510 g/mol. The van der Waals surface area contributed by atoms with Gasteiger partial charge in [-0.05, 0) is 53.6 Å². The van der Waals surface area contributed by atoms with Crippen LogP contribution in [0.2, 0.25) is 0 Å². The monoisotopic (exact) mass is 509 g/mol. The molecule has 0 aliphatic heterocycles. The Kier molecular flexibility index (Phi) is 5.01. The summed E-state index contributed by atoms with van der Waals surface area (Å²) in [6.45, 7) is 0. The maximum atomic E-state index is 13.4. The molecule has 33 heavy (non-hydrogen) atoms. The molecule has 1 aromatic heterocycles. The van der Waals surface area contributed by atoms with Crippen LogP contribution in [0, 0.1) is 0 Å². The van der Waals surface area contributed by atoms with Crippen LogP contribution in [0.4, 0.5) is 18.9 Å². The van der Waals surface area contributed by atoms with Gasteiger partial charge in [-0.25, -0.2) is 0 Å². The Labute approximate surface area is 194 Å². The van der Waals surface area contributed by atoms with Gasteiger partial charge < -0.3 is 10.2 Å². The van der Waals surface area contributed by atoms with E-state index in [9.17, 15) is 18.0 Å². The van der Waals surface area contributed by atoms with E-state index in [1.54, 1.807) is 30.3 Å². The number of hydrogen-bond donors (Lipinski definition) is 1. The zero-order chi connectivity index (χ0) is 23.3. The molecule has 0 saturated carbocycles. The van der Waals surface area contributed by atoms with E-state index in [2.05, 4.69) is 15.9 Å². The maximum Gasteiger partial charge on any atom is 0.416 e. The van der Waals surface area contributed by atoms with E-state index in [0.29, 0.717) is 38.7 Å². The second kappa shape index (κ2) is 7.78. The van der Waals surface area contributed by atoms with Gasteiger partial charge in [-0.15, -0.1) is 0 Å². The summed E-state index contributed by atoms with van der Waals surface area (Å²) in [6, 6.07) is 20.6. The van der Waals surface area contributed by atoms with E-state index in [1.165, 1.54) is 12.1 Å². The van der Waals surface area contributed by atoms with Crippen molar-refractivity contribution in [2.75, 3.05) is 5.73 Å². The molecular weight excluding hydrogens is 495 g/mol. The van der Waals surface area contributed by atoms with Crippen LogP contribution in [-0.4, -0.2) is 0 Å². The predicted octanol–water partition coefficient (Wildman–Crippen LogP) is 7.64. The fourth-order valence-corrected chi connectivity index (χ4v) is 4.36. The summed E-state index contributed by atoms with van der Waals surface area (Å²) in [5.74, 6) is 0. The first-order chi connectivity index (χ1) is 15.7. The van der Waals surface area contributed by atoms with E-state index < -0.39 is 11.7 Å². The maximum absolute atomic E-state index is 13.4. The molecule has 0 aliphatic rings. The summed E-state index contributed by atoms with van der Waals surface area (Å²) < 4.78 is 46.3. The first kappa shape index (κ1) is 21.3. The number of halogens is 4. The summed E-state index contributed by atoms with van der Waals surface area (Å²) in [7, 11) is 0. The van der Waals surface area contributed by atoms with Crippen molar-refractivity contribution in [3.05, 3.63) is 99.1 Å². The number of nitrogens with two attached hydrogens (primary N) is 1. The van der Waals surface area contributed by atoms with E-state index in [4.69, 9.17) is 10.2 Å². The molecule has 7 heteroatoms. The van der Waals surface area contributed by atoms with Gasteiger partial charge in [-0.1, -0.05) is 52.3 Å². The number of fused-ring (bicyclic) bond motifs is 2. The molecule has 3 nitrogen and oxygen atoms in total. The standard InChI is InChI=1S/C26H15BrF3NO2/c27-17-5-3-4-15(12-17)19-13-20-24(32)18-6-1-2-7-21(18)33-25(20)22(23(19)31)14-8-10-16(11-9-14)26(28,29)30/h1-13H,31H2. The molecule has 0 fully saturated rings. The minimum Gasteiger partial charge on any atom is -0.455 e. The Morgan fingerprint density at radius 3 is 2.24 bits per heavy atom. The lowest BCUT2D eigenvalue weighted by molar-refractivity contribution is -0.137. The molecule has 1 heterocycles. The van der Waals surface area contributed by atoms with Crippen molar-refractivity contribution in [1.82, 2.24) is 0 Å². The molecule has 0 saturated heterocycles. The minimum absolute atomic E-state index is 0.231. The summed E-state index contributed by atoms with van der Waals surface area (Å²) in [4.78, 5) is 13.4. The largest absolute Gasteiger partial charge is 0.455 e. The normalized spacial score (nSPS) is 11.9. The molecule has 0 aliphatic carbocycles. The molecule has 0 amide bonds. The first-order valence-corrected chi connectivity index (χ1v) is 10.7. The van der Waals surface area contributed by atoms with Gasteiger partial charge in [0.05, 0.1) is 22.0 Å². The van der Waals surface area contributed by atoms with E-state index >= 15 is 0 Å². The van der Waals surface area contributed by atoms with Crippen LogP contribution in [0.15, 0.2) is 92.5 Å². The molecule has 5 aromatic rings. The van der Waals surface area contributed by atoms with E-state index in [1.807, 2.05) is 24.3 Å². The van der Waals surface area contributed by atoms with Crippen LogP contribution >= 0.6 is 15.9 Å². The van der Waals surface area contributed by atoms with Gasteiger partial charge in [0.25, 0.3) is 0 Å². The Balaban J connectivity index is 1.90. The number of benzene rings is 4. The number of alkyl halides is 3. The van der Waals surface area contributed by atoms with Gasteiger partial charge in [-0.3, -0.25) is 4.79 Å². The lowest BCUT2D eigenvalue weighted by Gasteiger charge is -2.16. The summed E-state index contributed by atoms with van der Waals surface area (Å²) >= 11 is 3.44. The highest BCUT2D eigenvalue weighted by molar-refractivity contribution is 9.10. The van der Waals surface area contributed by atoms with Gasteiger partial charge in [0, 0.05) is 15.6 Å². The molecule has 0 unspecified atom stereocenters. The molecule has 2 N–H and O–H groups in total. The van der Waals surface area contributed by atoms with Crippen molar-refractivity contribution in [3.8, 4) is 22.3 Å². The smallest absolute Gasteiger partial charge is 0.416 e. The van der Waals surface area contributed by atoms with Crippen molar-refractivity contribution in [2.24, 2.45) is 0 Å². The van der Waals surface area contributed by atoms with Crippen molar-refractivity contribution in [3.63, 3.8) is 0 Å². The van der Waals surface area contributed by atoms with E-state index in [-0.39, 0.29) is 11.0 Å². The number of anilines is 1. The van der Waals surface area contributed by atoms with Crippen LogP contribution in [0.25, 0.3) is 44.2 Å². The third-order valence-corrected chi connectivity index (χ3v) is 6.04. The van der Waals surface area contributed by atoms with Gasteiger partial charge in [0.2, 0.25) is 5.43 Å². The van der Waals surface area contributed by atoms with Crippen molar-refractivity contribution in [2.45, 2.75) is 6.18 Å². The molecular formula is C26H15BrF3NO2. The first-order valence-electron chi connectivity index (χ1n) is 9.95. The van der Waals surface area contributed by atoms with Crippen LogP contribution in [0.3, 0.4) is 0 Å². The highest BCUT2D eigenvalue weighted by Gasteiger charge is 2.30. The van der Waals surface area contributed by atoms with Crippen LogP contribution in [-0.2, 0) is 6.18 Å². The Bertz CT molecular complexity index is 1590. The van der Waals surface area contributed by atoms with Crippen molar-refractivity contribution in [1.29, 1.82) is 0 Å². The highest BCUT2D eigenvalue weighted by Crippen LogP contribution is 2.42. The Morgan fingerprint density at radius 1 is 0.818 bits per heavy atom. The molecule has 0 radical (unpaired) electrons. The lowest BCUT2D eigenvalue weighted by atomic mass is 9.92. The average Bonchev–Trinajstić information content (AvgIpc) is 2.79. The Morgan fingerprint density at radius 2 is 1.55 bits per heavy atom. The number of nitrogen functional groups attached to an aromatic ring is 1. The van der Waals surface area contributed by atoms with Gasteiger partial charge in [0.15, 0.2) is 0 Å². The zero-order valence-electron chi connectivity index (χ0n) is 16.9. The Hall–Kier alpha value is -3.58. The number of para-hydroxylation sites is 1. The van der Waals surface area contributed by atoms with Gasteiger partial charge in [-0.2, -0.15) is 13.2 Å². The summed E-state index contributed by atoms with van der Waals surface area (Å²) in [5, 5.41) is 0.709.